The van der Waals surface area contributed by atoms with E-state index in [2.05, 4.69) is 4.72 Å². The van der Waals surface area contributed by atoms with E-state index >= 15 is 0 Å². The van der Waals surface area contributed by atoms with Crippen LogP contribution in [0.15, 0.2) is 23.1 Å². The van der Waals surface area contributed by atoms with Crippen molar-refractivity contribution in [1.29, 1.82) is 0 Å². The van der Waals surface area contributed by atoms with Crippen LogP contribution in [0.25, 0.3) is 0 Å². The molecule has 0 heterocycles. The summed E-state index contributed by atoms with van der Waals surface area (Å²) in [4.78, 5) is 11.0. The molecule has 0 saturated heterocycles. The third kappa shape index (κ3) is 3.66. The lowest BCUT2D eigenvalue weighted by Crippen LogP contribution is -2.52. The number of hydrogen-bond donors (Lipinski definition) is 3. The van der Waals surface area contributed by atoms with Gasteiger partial charge in [0.2, 0.25) is 15.9 Å². The topological polar surface area (TPSA) is 115 Å². The van der Waals surface area contributed by atoms with Gasteiger partial charge in [0.15, 0.2) is 0 Å². The summed E-state index contributed by atoms with van der Waals surface area (Å²) in [6, 6.07) is 4.36. The lowest BCUT2D eigenvalue weighted by atomic mass is 10.1. The monoisotopic (exact) mass is 305 g/mol. The quantitative estimate of drug-likeness (QED) is 0.727. The summed E-state index contributed by atoms with van der Waals surface area (Å²) >= 11 is 5.91. The molecule has 1 rings (SSSR count). The Morgan fingerprint density at radius 3 is 2.42 bits per heavy atom. The smallest absolute Gasteiger partial charge is 0.243 e. The molecule has 8 heteroatoms. The number of halogens is 1. The molecule has 106 valence electrons. The Morgan fingerprint density at radius 1 is 1.42 bits per heavy atom. The van der Waals surface area contributed by atoms with Crippen LogP contribution in [-0.4, -0.2) is 19.9 Å². The van der Waals surface area contributed by atoms with Crippen LogP contribution in [0.4, 0.5) is 0 Å². The van der Waals surface area contributed by atoms with E-state index < -0.39 is 21.5 Å². The van der Waals surface area contributed by atoms with Gasteiger partial charge >= 0.3 is 0 Å². The van der Waals surface area contributed by atoms with Crippen molar-refractivity contribution in [2.24, 2.45) is 11.5 Å². The number of sulfonamides is 1. The molecule has 0 radical (unpaired) electrons. The Labute approximate surface area is 117 Å². The SMILES string of the molecule is CC(C)(NS(=O)(=O)c1ccc(CN)cc1Cl)C(N)=O. The minimum absolute atomic E-state index is 0.0377. The molecule has 0 bridgehead atoms. The number of benzene rings is 1. The first-order valence-electron chi connectivity index (χ1n) is 5.42. The Morgan fingerprint density at radius 2 is 2.00 bits per heavy atom. The molecule has 0 aliphatic rings. The minimum atomic E-state index is -3.94. The Kier molecular flexibility index (Phi) is 4.57. The van der Waals surface area contributed by atoms with Crippen molar-refractivity contribution >= 4 is 27.5 Å². The van der Waals surface area contributed by atoms with Crippen LogP contribution in [0, 0.1) is 0 Å². The minimum Gasteiger partial charge on any atom is -0.368 e. The first-order valence-corrected chi connectivity index (χ1v) is 7.28. The molecule has 0 aliphatic heterocycles. The summed E-state index contributed by atoms with van der Waals surface area (Å²) in [6.07, 6.45) is 0. The number of carbonyl (C=O) groups excluding carboxylic acids is 1. The molecular weight excluding hydrogens is 290 g/mol. The van der Waals surface area contributed by atoms with Crippen molar-refractivity contribution < 1.29 is 13.2 Å². The molecule has 19 heavy (non-hydrogen) atoms. The Bertz CT molecular complexity index is 599. The second-order valence-corrected chi connectivity index (χ2v) is 6.62. The van der Waals surface area contributed by atoms with Gasteiger partial charge in [0.05, 0.1) is 5.02 Å². The van der Waals surface area contributed by atoms with Crippen LogP contribution in [0.5, 0.6) is 0 Å². The van der Waals surface area contributed by atoms with Gasteiger partial charge in [-0.1, -0.05) is 17.7 Å². The van der Waals surface area contributed by atoms with Crippen molar-refractivity contribution in [1.82, 2.24) is 4.72 Å². The zero-order chi connectivity index (χ0) is 14.8. The Balaban J connectivity index is 3.18. The maximum Gasteiger partial charge on any atom is 0.243 e. The average molecular weight is 306 g/mol. The molecule has 5 N–H and O–H groups in total. The molecule has 0 unspecified atom stereocenters. The summed E-state index contributed by atoms with van der Waals surface area (Å²) in [5, 5.41) is 0.0377. The molecule has 1 aromatic rings. The maximum absolute atomic E-state index is 12.1. The zero-order valence-electron chi connectivity index (χ0n) is 10.6. The number of hydrogen-bond acceptors (Lipinski definition) is 4. The Hall–Kier alpha value is -1.15. The molecule has 0 fully saturated rings. The predicted molar refractivity (Wildman–Crippen MR) is 72.9 cm³/mol. The second kappa shape index (κ2) is 5.46. The fourth-order valence-electron chi connectivity index (χ4n) is 1.33. The van der Waals surface area contributed by atoms with Gasteiger partial charge in [0, 0.05) is 6.54 Å². The highest BCUT2D eigenvalue weighted by molar-refractivity contribution is 7.89. The van der Waals surface area contributed by atoms with E-state index in [4.69, 9.17) is 23.1 Å². The van der Waals surface area contributed by atoms with E-state index in [9.17, 15) is 13.2 Å². The lowest BCUT2D eigenvalue weighted by molar-refractivity contribution is -0.122. The number of amides is 1. The van der Waals surface area contributed by atoms with E-state index in [-0.39, 0.29) is 16.5 Å². The molecule has 6 nitrogen and oxygen atoms in total. The normalized spacial score (nSPS) is 12.4. The number of nitrogens with two attached hydrogens (primary N) is 2. The molecule has 1 amide bonds. The number of carbonyl (C=O) groups is 1. The maximum atomic E-state index is 12.1. The summed E-state index contributed by atoms with van der Waals surface area (Å²) in [6.45, 7) is 2.99. The van der Waals surface area contributed by atoms with E-state index in [1.165, 1.54) is 26.0 Å². The summed E-state index contributed by atoms with van der Waals surface area (Å²) < 4.78 is 26.5. The predicted octanol–water partition coefficient (Wildman–Crippen LogP) is 0.341. The molecule has 1 aromatic carbocycles. The lowest BCUT2D eigenvalue weighted by Gasteiger charge is -2.22. The van der Waals surface area contributed by atoms with Crippen LogP contribution in [0.3, 0.4) is 0 Å². The van der Waals surface area contributed by atoms with Crippen LogP contribution < -0.4 is 16.2 Å². The van der Waals surface area contributed by atoms with Crippen molar-refractivity contribution in [3.05, 3.63) is 28.8 Å². The van der Waals surface area contributed by atoms with E-state index in [1.807, 2.05) is 0 Å². The summed E-state index contributed by atoms with van der Waals surface area (Å²) in [5.74, 6) is -0.786. The van der Waals surface area contributed by atoms with E-state index in [0.717, 1.165) is 0 Å². The van der Waals surface area contributed by atoms with Crippen molar-refractivity contribution in [3.8, 4) is 0 Å². The molecule has 0 saturated carbocycles. The fraction of sp³-hybridized carbons (Fsp3) is 0.364. The molecule has 0 atom stereocenters. The average Bonchev–Trinajstić information content (AvgIpc) is 2.26. The fourth-order valence-corrected chi connectivity index (χ4v) is 3.28. The van der Waals surface area contributed by atoms with Gasteiger partial charge in [-0.2, -0.15) is 4.72 Å². The van der Waals surface area contributed by atoms with Gasteiger partial charge in [-0.25, -0.2) is 8.42 Å². The van der Waals surface area contributed by atoms with Crippen LogP contribution in [-0.2, 0) is 21.4 Å². The number of rotatable bonds is 5. The second-order valence-electron chi connectivity index (χ2n) is 4.56. The number of nitrogens with one attached hydrogen (secondary N) is 1. The molecular formula is C11H16ClN3O3S. The van der Waals surface area contributed by atoms with Crippen LogP contribution in [0.1, 0.15) is 19.4 Å². The highest BCUT2D eigenvalue weighted by atomic mass is 35.5. The first kappa shape index (κ1) is 15.9. The summed E-state index contributed by atoms with van der Waals surface area (Å²) in [5.41, 5.74) is 9.86. The highest BCUT2D eigenvalue weighted by Crippen LogP contribution is 2.23. The van der Waals surface area contributed by atoms with Crippen molar-refractivity contribution in [2.45, 2.75) is 30.8 Å². The molecule has 0 aromatic heterocycles. The highest BCUT2D eigenvalue weighted by Gasteiger charge is 2.32. The first-order chi connectivity index (χ1) is 8.60. The third-order valence-electron chi connectivity index (χ3n) is 2.53. The van der Waals surface area contributed by atoms with Crippen molar-refractivity contribution in [2.75, 3.05) is 0 Å². The van der Waals surface area contributed by atoms with Gasteiger partial charge in [0.1, 0.15) is 10.4 Å². The van der Waals surface area contributed by atoms with Gasteiger partial charge in [-0.3, -0.25) is 4.79 Å². The standard InChI is InChI=1S/C11H16ClN3O3S/c1-11(2,10(14)16)15-19(17,18)9-4-3-7(6-13)5-8(9)12/h3-5,15H,6,13H2,1-2H3,(H2,14,16). The third-order valence-corrected chi connectivity index (χ3v) is 4.67. The van der Waals surface area contributed by atoms with E-state index in [1.54, 1.807) is 6.07 Å². The van der Waals surface area contributed by atoms with Gasteiger partial charge < -0.3 is 11.5 Å². The van der Waals surface area contributed by atoms with Crippen LogP contribution >= 0.6 is 11.6 Å². The van der Waals surface area contributed by atoms with Crippen LogP contribution in [0.2, 0.25) is 5.02 Å². The van der Waals surface area contributed by atoms with Gasteiger partial charge in [-0.15, -0.1) is 0 Å². The van der Waals surface area contributed by atoms with E-state index in [0.29, 0.717) is 5.56 Å². The number of primary amides is 1. The largest absolute Gasteiger partial charge is 0.368 e. The van der Waals surface area contributed by atoms with Crippen molar-refractivity contribution in [3.63, 3.8) is 0 Å². The molecule has 0 aliphatic carbocycles. The van der Waals surface area contributed by atoms with Gasteiger partial charge in [-0.05, 0) is 31.5 Å². The van der Waals surface area contributed by atoms with Gasteiger partial charge in [0.25, 0.3) is 0 Å². The summed E-state index contributed by atoms with van der Waals surface area (Å²) in [7, 11) is -3.94. The zero-order valence-corrected chi connectivity index (χ0v) is 12.2. The molecule has 0 spiro atoms.